The second-order valence-corrected chi connectivity index (χ2v) is 3.47. The van der Waals surface area contributed by atoms with Gasteiger partial charge in [0.05, 0.1) is 6.54 Å². The molecule has 1 N–H and O–H groups in total. The van der Waals surface area contributed by atoms with Crippen molar-refractivity contribution in [2.24, 2.45) is 0 Å². The maximum absolute atomic E-state index is 5.46. The Morgan fingerprint density at radius 1 is 1.60 bits per heavy atom. The lowest BCUT2D eigenvalue weighted by Gasteiger charge is -2.00. The van der Waals surface area contributed by atoms with Gasteiger partial charge in [-0.2, -0.15) is 4.98 Å². The van der Waals surface area contributed by atoms with Crippen molar-refractivity contribution in [1.29, 1.82) is 0 Å². The van der Waals surface area contributed by atoms with Gasteiger partial charge in [-0.05, 0) is 12.8 Å². The van der Waals surface area contributed by atoms with Crippen molar-refractivity contribution in [2.75, 3.05) is 13.2 Å². The molecule has 0 spiro atoms. The van der Waals surface area contributed by atoms with Gasteiger partial charge in [-0.25, -0.2) is 0 Å². The van der Waals surface area contributed by atoms with Gasteiger partial charge in [-0.1, -0.05) is 11.2 Å². The van der Waals surface area contributed by atoms with E-state index in [1.807, 2.05) is 0 Å². The minimum absolute atomic E-state index is 0.0295. The van der Waals surface area contributed by atoms with Crippen LogP contribution in [0.2, 0.25) is 0 Å². The van der Waals surface area contributed by atoms with Gasteiger partial charge in [-0.3, -0.25) is 0 Å². The first-order valence-electron chi connectivity index (χ1n) is 5.16. The van der Waals surface area contributed by atoms with E-state index in [1.54, 1.807) is 6.08 Å². The zero-order valence-electron chi connectivity index (χ0n) is 8.61. The molecule has 1 aliphatic rings. The Kier molecular flexibility index (Phi) is 3.47. The highest BCUT2D eigenvalue weighted by atomic mass is 16.5. The third kappa shape index (κ3) is 2.64. The van der Waals surface area contributed by atoms with Crippen LogP contribution in [0, 0.1) is 0 Å². The molecular formula is C10H15N3O2. The molecule has 1 aromatic heterocycles. The van der Waals surface area contributed by atoms with Crippen LogP contribution in [0.3, 0.4) is 0 Å². The van der Waals surface area contributed by atoms with E-state index in [2.05, 4.69) is 22.0 Å². The topological polar surface area (TPSA) is 60.2 Å². The molecule has 1 fully saturated rings. The van der Waals surface area contributed by atoms with Crippen LogP contribution >= 0.6 is 0 Å². The van der Waals surface area contributed by atoms with Crippen LogP contribution in [0.1, 0.15) is 30.7 Å². The summed E-state index contributed by atoms with van der Waals surface area (Å²) in [6, 6.07) is 0. The molecule has 0 aromatic carbocycles. The maximum atomic E-state index is 5.46. The van der Waals surface area contributed by atoms with Crippen molar-refractivity contribution in [2.45, 2.75) is 25.5 Å². The Morgan fingerprint density at radius 2 is 2.53 bits per heavy atom. The molecule has 0 bridgehead atoms. The Bertz CT molecular complexity index is 318. The minimum atomic E-state index is 0.0295. The summed E-state index contributed by atoms with van der Waals surface area (Å²) >= 11 is 0. The fourth-order valence-corrected chi connectivity index (χ4v) is 1.53. The fraction of sp³-hybridized carbons (Fsp3) is 0.600. The zero-order chi connectivity index (χ0) is 10.5. The molecule has 1 unspecified atom stereocenters. The third-order valence-electron chi connectivity index (χ3n) is 2.27. The molecule has 1 aromatic rings. The first-order valence-corrected chi connectivity index (χ1v) is 5.16. The number of hydrogen-bond donors (Lipinski definition) is 1. The molecule has 2 heterocycles. The average Bonchev–Trinajstić information content (AvgIpc) is 2.87. The number of nitrogens with one attached hydrogen (secondary N) is 1. The van der Waals surface area contributed by atoms with E-state index >= 15 is 0 Å². The highest BCUT2D eigenvalue weighted by Crippen LogP contribution is 2.25. The predicted molar refractivity (Wildman–Crippen MR) is 54.1 cm³/mol. The summed E-state index contributed by atoms with van der Waals surface area (Å²) in [6.07, 6.45) is 3.88. The second kappa shape index (κ2) is 5.04. The summed E-state index contributed by atoms with van der Waals surface area (Å²) < 4.78 is 10.5. The fourth-order valence-electron chi connectivity index (χ4n) is 1.53. The summed E-state index contributed by atoms with van der Waals surface area (Å²) in [5.41, 5.74) is 0. The molecule has 0 aliphatic carbocycles. The molecule has 0 saturated carbocycles. The molecule has 5 heteroatoms. The summed E-state index contributed by atoms with van der Waals surface area (Å²) in [6.45, 7) is 5.71. The molecule has 1 atom stereocenters. The van der Waals surface area contributed by atoms with Gasteiger partial charge in [0.1, 0.15) is 6.10 Å². The van der Waals surface area contributed by atoms with Gasteiger partial charge >= 0.3 is 0 Å². The van der Waals surface area contributed by atoms with E-state index < -0.39 is 0 Å². The summed E-state index contributed by atoms with van der Waals surface area (Å²) in [4.78, 5) is 4.26. The van der Waals surface area contributed by atoms with Crippen molar-refractivity contribution in [1.82, 2.24) is 15.5 Å². The van der Waals surface area contributed by atoms with E-state index in [0.29, 0.717) is 18.3 Å². The molecule has 15 heavy (non-hydrogen) atoms. The van der Waals surface area contributed by atoms with Crippen LogP contribution in [0.25, 0.3) is 0 Å². The molecule has 5 nitrogen and oxygen atoms in total. The first-order chi connectivity index (χ1) is 7.40. The van der Waals surface area contributed by atoms with Crippen LogP contribution in [-0.2, 0) is 11.3 Å². The second-order valence-electron chi connectivity index (χ2n) is 3.47. The standard InChI is InChI=1S/C10H15N3O2/c1-2-5-11-7-9-12-10(13-15-9)8-4-3-6-14-8/h2,8,11H,1,3-7H2. The van der Waals surface area contributed by atoms with Crippen LogP contribution < -0.4 is 5.32 Å². The van der Waals surface area contributed by atoms with Gasteiger partial charge in [0, 0.05) is 13.2 Å². The Labute approximate surface area is 88.5 Å². The predicted octanol–water partition coefficient (Wildman–Crippen LogP) is 1.20. The highest BCUT2D eigenvalue weighted by molar-refractivity contribution is 4.93. The van der Waals surface area contributed by atoms with E-state index in [4.69, 9.17) is 9.26 Å². The number of nitrogens with zero attached hydrogens (tertiary/aromatic N) is 2. The van der Waals surface area contributed by atoms with Crippen molar-refractivity contribution in [3.05, 3.63) is 24.4 Å². The van der Waals surface area contributed by atoms with Gasteiger partial charge < -0.3 is 14.6 Å². The van der Waals surface area contributed by atoms with Gasteiger partial charge in [0.15, 0.2) is 0 Å². The van der Waals surface area contributed by atoms with E-state index in [0.717, 1.165) is 26.0 Å². The lowest BCUT2D eigenvalue weighted by atomic mass is 10.2. The molecule has 82 valence electrons. The first kappa shape index (κ1) is 10.3. The quantitative estimate of drug-likeness (QED) is 0.583. The number of rotatable bonds is 5. The molecule has 0 amide bonds. The van der Waals surface area contributed by atoms with Crippen molar-refractivity contribution in [3.8, 4) is 0 Å². The van der Waals surface area contributed by atoms with E-state index in [-0.39, 0.29) is 6.10 Å². The van der Waals surface area contributed by atoms with Crippen LogP contribution in [0.5, 0.6) is 0 Å². The SMILES string of the molecule is C=CCNCc1nc(C2CCCO2)no1. The van der Waals surface area contributed by atoms with Crippen molar-refractivity contribution in [3.63, 3.8) is 0 Å². The molecular weight excluding hydrogens is 194 g/mol. The molecule has 0 radical (unpaired) electrons. The average molecular weight is 209 g/mol. The normalized spacial score (nSPS) is 20.7. The van der Waals surface area contributed by atoms with Gasteiger partial charge in [0.2, 0.25) is 11.7 Å². The van der Waals surface area contributed by atoms with E-state index in [9.17, 15) is 0 Å². The highest BCUT2D eigenvalue weighted by Gasteiger charge is 2.22. The monoisotopic (exact) mass is 209 g/mol. The number of aromatic nitrogens is 2. The van der Waals surface area contributed by atoms with Gasteiger partial charge in [0.25, 0.3) is 0 Å². The Hall–Kier alpha value is -1.20. The van der Waals surface area contributed by atoms with Crippen molar-refractivity contribution >= 4 is 0 Å². The van der Waals surface area contributed by atoms with Crippen LogP contribution in [-0.4, -0.2) is 23.3 Å². The minimum Gasteiger partial charge on any atom is -0.370 e. The van der Waals surface area contributed by atoms with Crippen LogP contribution in [0.15, 0.2) is 17.2 Å². The number of ether oxygens (including phenoxy) is 1. The summed E-state index contributed by atoms with van der Waals surface area (Å²) in [7, 11) is 0. The number of hydrogen-bond acceptors (Lipinski definition) is 5. The molecule has 2 rings (SSSR count). The lowest BCUT2D eigenvalue weighted by Crippen LogP contribution is -2.12. The summed E-state index contributed by atoms with van der Waals surface area (Å²) in [5.74, 6) is 1.27. The molecule has 1 saturated heterocycles. The van der Waals surface area contributed by atoms with Crippen molar-refractivity contribution < 1.29 is 9.26 Å². The van der Waals surface area contributed by atoms with Gasteiger partial charge in [-0.15, -0.1) is 6.58 Å². The Morgan fingerprint density at radius 3 is 3.27 bits per heavy atom. The van der Waals surface area contributed by atoms with E-state index in [1.165, 1.54) is 0 Å². The summed E-state index contributed by atoms with van der Waals surface area (Å²) in [5, 5.41) is 7.00. The third-order valence-corrected chi connectivity index (χ3v) is 2.27. The smallest absolute Gasteiger partial charge is 0.240 e. The largest absolute Gasteiger partial charge is 0.370 e. The Balaban J connectivity index is 1.88. The molecule has 1 aliphatic heterocycles. The zero-order valence-corrected chi connectivity index (χ0v) is 8.61. The van der Waals surface area contributed by atoms with Crippen LogP contribution in [0.4, 0.5) is 0 Å². The maximum Gasteiger partial charge on any atom is 0.240 e. The lowest BCUT2D eigenvalue weighted by molar-refractivity contribution is 0.103.